The summed E-state index contributed by atoms with van der Waals surface area (Å²) in [4.78, 5) is 11.1. The van der Waals surface area contributed by atoms with Gasteiger partial charge in [-0.3, -0.25) is 5.32 Å². The topological polar surface area (TPSA) is 38.3 Å². The highest BCUT2D eigenvalue weighted by molar-refractivity contribution is 6.17. The maximum Gasteiger partial charge on any atom is 0.411 e. The minimum Gasteiger partial charge on any atom is -0.453 e. The van der Waals surface area contributed by atoms with Crippen molar-refractivity contribution in [2.45, 2.75) is 24.6 Å². The maximum absolute atomic E-state index is 13.9. The fraction of sp³-hybridized carbons (Fsp3) is 0.417. The van der Waals surface area contributed by atoms with Gasteiger partial charge in [0.05, 0.1) is 12.8 Å². The Kier molecular flexibility index (Phi) is 3.52. The molecule has 0 aromatic heterocycles. The minimum absolute atomic E-state index is 0.108. The first-order chi connectivity index (χ1) is 8.15. The van der Waals surface area contributed by atoms with Crippen LogP contribution in [0.2, 0.25) is 0 Å². The van der Waals surface area contributed by atoms with Crippen molar-refractivity contribution in [2.75, 3.05) is 12.4 Å². The predicted molar refractivity (Wildman–Crippen MR) is 64.0 cm³/mol. The number of hydrogen-bond donors (Lipinski definition) is 1. The van der Waals surface area contributed by atoms with Crippen LogP contribution in [0, 0.1) is 5.82 Å². The van der Waals surface area contributed by atoms with Crippen molar-refractivity contribution < 1.29 is 13.9 Å². The van der Waals surface area contributed by atoms with Crippen molar-refractivity contribution in [1.29, 1.82) is 0 Å². The van der Waals surface area contributed by atoms with Gasteiger partial charge in [0.25, 0.3) is 0 Å². The summed E-state index contributed by atoms with van der Waals surface area (Å²) >= 11 is 5.77. The standard InChI is InChI=1S/C12H13ClFNO2/c1-17-12(16)15-11-9(6-13)4-8(5-10(11)14)7-2-3-7/h4-5,7H,2-3,6H2,1H3,(H,15,16). The molecule has 5 heteroatoms. The van der Waals surface area contributed by atoms with Gasteiger partial charge in [-0.1, -0.05) is 6.07 Å². The molecular formula is C12H13ClFNO2. The summed E-state index contributed by atoms with van der Waals surface area (Å²) in [5.74, 6) is 0.130. The molecule has 0 saturated heterocycles. The van der Waals surface area contributed by atoms with Gasteiger partial charge < -0.3 is 4.74 Å². The average Bonchev–Trinajstić information content (AvgIpc) is 3.15. The van der Waals surface area contributed by atoms with Crippen LogP contribution in [-0.4, -0.2) is 13.2 Å². The lowest BCUT2D eigenvalue weighted by atomic mass is 10.1. The molecule has 1 amide bonds. The third-order valence-corrected chi connectivity index (χ3v) is 3.09. The van der Waals surface area contributed by atoms with Crippen molar-refractivity contribution >= 4 is 23.4 Å². The number of alkyl halides is 1. The molecule has 2 rings (SSSR count). The highest BCUT2D eigenvalue weighted by atomic mass is 35.5. The van der Waals surface area contributed by atoms with Gasteiger partial charge >= 0.3 is 6.09 Å². The van der Waals surface area contributed by atoms with Crippen molar-refractivity contribution in [3.63, 3.8) is 0 Å². The van der Waals surface area contributed by atoms with Crippen molar-refractivity contribution in [2.24, 2.45) is 0 Å². The lowest BCUT2D eigenvalue weighted by Gasteiger charge is -2.11. The Hall–Kier alpha value is -1.29. The van der Waals surface area contributed by atoms with E-state index in [4.69, 9.17) is 11.6 Å². The van der Waals surface area contributed by atoms with E-state index in [-0.39, 0.29) is 11.6 Å². The van der Waals surface area contributed by atoms with Gasteiger partial charge in [0.1, 0.15) is 5.82 Å². The van der Waals surface area contributed by atoms with Crippen LogP contribution in [0.4, 0.5) is 14.9 Å². The van der Waals surface area contributed by atoms with E-state index in [0.29, 0.717) is 11.5 Å². The van der Waals surface area contributed by atoms with E-state index in [1.54, 1.807) is 0 Å². The van der Waals surface area contributed by atoms with E-state index in [0.717, 1.165) is 18.4 Å². The first kappa shape index (κ1) is 12.2. The fourth-order valence-corrected chi connectivity index (χ4v) is 1.95. The molecule has 0 spiro atoms. The molecule has 1 aromatic carbocycles. The van der Waals surface area contributed by atoms with E-state index in [2.05, 4.69) is 10.1 Å². The lowest BCUT2D eigenvalue weighted by Crippen LogP contribution is -2.14. The van der Waals surface area contributed by atoms with Crippen molar-refractivity contribution in [1.82, 2.24) is 0 Å². The van der Waals surface area contributed by atoms with Gasteiger partial charge in [0.15, 0.2) is 0 Å². The number of nitrogens with one attached hydrogen (secondary N) is 1. The van der Waals surface area contributed by atoms with Crippen LogP contribution in [0.5, 0.6) is 0 Å². The van der Waals surface area contributed by atoms with Gasteiger partial charge in [0.2, 0.25) is 0 Å². The van der Waals surface area contributed by atoms with E-state index in [1.165, 1.54) is 13.2 Å². The molecule has 0 heterocycles. The number of anilines is 1. The first-order valence-corrected chi connectivity index (χ1v) is 5.92. The van der Waals surface area contributed by atoms with E-state index < -0.39 is 11.9 Å². The monoisotopic (exact) mass is 257 g/mol. The van der Waals surface area contributed by atoms with Gasteiger partial charge in [0, 0.05) is 5.88 Å². The average molecular weight is 258 g/mol. The number of carbonyl (C=O) groups is 1. The second-order valence-corrected chi connectivity index (χ2v) is 4.33. The molecule has 1 aliphatic rings. The largest absolute Gasteiger partial charge is 0.453 e. The summed E-state index contributed by atoms with van der Waals surface area (Å²) in [6.45, 7) is 0. The van der Waals surface area contributed by atoms with Crippen LogP contribution < -0.4 is 5.32 Å². The smallest absolute Gasteiger partial charge is 0.411 e. The Morgan fingerprint density at radius 2 is 2.29 bits per heavy atom. The molecule has 0 atom stereocenters. The molecule has 1 aromatic rings. The molecule has 1 N–H and O–H groups in total. The summed E-state index contributed by atoms with van der Waals surface area (Å²) in [6, 6.07) is 3.30. The SMILES string of the molecule is COC(=O)Nc1c(F)cc(C2CC2)cc1CCl. The molecule has 3 nitrogen and oxygen atoms in total. The normalized spacial score (nSPS) is 14.5. The quantitative estimate of drug-likeness (QED) is 0.840. The number of benzene rings is 1. The van der Waals surface area contributed by atoms with Crippen LogP contribution in [0.1, 0.15) is 29.9 Å². The number of rotatable bonds is 3. The van der Waals surface area contributed by atoms with E-state index in [9.17, 15) is 9.18 Å². The van der Waals surface area contributed by atoms with Gasteiger partial charge in [-0.05, 0) is 36.0 Å². The molecule has 0 bridgehead atoms. The second-order valence-electron chi connectivity index (χ2n) is 4.06. The van der Waals surface area contributed by atoms with Crippen LogP contribution in [0.15, 0.2) is 12.1 Å². The molecule has 0 radical (unpaired) electrons. The molecule has 17 heavy (non-hydrogen) atoms. The lowest BCUT2D eigenvalue weighted by molar-refractivity contribution is 0.186. The molecule has 0 unspecified atom stereocenters. The molecule has 1 saturated carbocycles. The van der Waals surface area contributed by atoms with Crippen LogP contribution >= 0.6 is 11.6 Å². The predicted octanol–water partition coefficient (Wildman–Crippen LogP) is 3.62. The summed E-state index contributed by atoms with van der Waals surface area (Å²) < 4.78 is 18.3. The summed E-state index contributed by atoms with van der Waals surface area (Å²) in [5, 5.41) is 2.35. The zero-order chi connectivity index (χ0) is 12.4. The summed E-state index contributed by atoms with van der Waals surface area (Å²) in [7, 11) is 1.23. The van der Waals surface area contributed by atoms with Crippen LogP contribution in [-0.2, 0) is 10.6 Å². The Morgan fingerprint density at radius 1 is 1.59 bits per heavy atom. The first-order valence-electron chi connectivity index (χ1n) is 5.39. The molecular weight excluding hydrogens is 245 g/mol. The number of hydrogen-bond acceptors (Lipinski definition) is 2. The van der Waals surface area contributed by atoms with E-state index >= 15 is 0 Å². The number of halogens is 2. The fourth-order valence-electron chi connectivity index (χ4n) is 1.74. The molecule has 1 aliphatic carbocycles. The molecule has 1 fully saturated rings. The zero-order valence-corrected chi connectivity index (χ0v) is 10.2. The summed E-state index contributed by atoms with van der Waals surface area (Å²) in [5.41, 5.74) is 1.64. The zero-order valence-electron chi connectivity index (χ0n) is 9.43. The summed E-state index contributed by atoms with van der Waals surface area (Å²) in [6.07, 6.45) is 1.48. The Morgan fingerprint density at radius 3 is 2.82 bits per heavy atom. The number of amides is 1. The van der Waals surface area contributed by atoms with E-state index in [1.807, 2.05) is 6.07 Å². The number of carbonyl (C=O) groups excluding carboxylic acids is 1. The minimum atomic E-state index is -0.700. The van der Waals surface area contributed by atoms with Gasteiger partial charge in [-0.2, -0.15) is 0 Å². The number of ether oxygens (including phenoxy) is 1. The van der Waals surface area contributed by atoms with Gasteiger partial charge in [-0.15, -0.1) is 11.6 Å². The van der Waals surface area contributed by atoms with Gasteiger partial charge in [-0.25, -0.2) is 9.18 Å². The van der Waals surface area contributed by atoms with Crippen LogP contribution in [0.3, 0.4) is 0 Å². The third kappa shape index (κ3) is 2.69. The van der Waals surface area contributed by atoms with Crippen molar-refractivity contribution in [3.8, 4) is 0 Å². The Labute approximate surface area is 104 Å². The van der Waals surface area contributed by atoms with Crippen molar-refractivity contribution in [3.05, 3.63) is 29.1 Å². The maximum atomic E-state index is 13.9. The highest BCUT2D eigenvalue weighted by Gasteiger charge is 2.25. The highest BCUT2D eigenvalue weighted by Crippen LogP contribution is 2.42. The third-order valence-electron chi connectivity index (χ3n) is 2.80. The second kappa shape index (κ2) is 4.92. The molecule has 0 aliphatic heterocycles. The Bertz CT molecular complexity index is 446. The Balaban J connectivity index is 2.32. The van der Waals surface area contributed by atoms with Crippen LogP contribution in [0.25, 0.3) is 0 Å². The number of methoxy groups -OCH3 is 1. The molecule has 92 valence electrons.